The van der Waals surface area contributed by atoms with Gasteiger partial charge in [0.2, 0.25) is 0 Å². The Morgan fingerprint density at radius 1 is 1.23 bits per heavy atom. The standard InChI is InChI=1S/C19H23N5OS/c1-14-17(26-13-21-14)12-23-19(25)24(16-5-3-2-4-6-16)18(22-23)11-15-7-9-20-10-8-15/h2-6,13,15,20H,7-12H2,1H3. The Bertz CT molecular complexity index is 921. The van der Waals surface area contributed by atoms with E-state index in [0.29, 0.717) is 12.5 Å². The van der Waals surface area contributed by atoms with Crippen molar-refractivity contribution in [2.24, 2.45) is 5.92 Å². The van der Waals surface area contributed by atoms with Crippen LogP contribution in [0.3, 0.4) is 0 Å². The SMILES string of the molecule is Cc1ncsc1Cn1nc(CC2CCNCC2)n(-c2ccccc2)c1=O. The number of aromatic nitrogens is 4. The van der Waals surface area contributed by atoms with Crippen LogP contribution in [0.2, 0.25) is 0 Å². The van der Waals surface area contributed by atoms with E-state index in [4.69, 9.17) is 5.10 Å². The summed E-state index contributed by atoms with van der Waals surface area (Å²) in [6, 6.07) is 9.82. The normalized spacial score (nSPS) is 15.4. The minimum Gasteiger partial charge on any atom is -0.317 e. The Labute approximate surface area is 156 Å². The van der Waals surface area contributed by atoms with Crippen molar-refractivity contribution in [1.82, 2.24) is 24.6 Å². The summed E-state index contributed by atoms with van der Waals surface area (Å²) in [5, 5.41) is 8.12. The lowest BCUT2D eigenvalue weighted by molar-refractivity contribution is 0.365. The predicted molar refractivity (Wildman–Crippen MR) is 103 cm³/mol. The van der Waals surface area contributed by atoms with Crippen LogP contribution < -0.4 is 11.0 Å². The molecular formula is C19H23N5OS. The molecule has 1 N–H and O–H groups in total. The van der Waals surface area contributed by atoms with Crippen LogP contribution in [0, 0.1) is 12.8 Å². The highest BCUT2D eigenvalue weighted by atomic mass is 32.1. The second kappa shape index (κ2) is 7.55. The molecule has 0 radical (unpaired) electrons. The summed E-state index contributed by atoms with van der Waals surface area (Å²) in [5.41, 5.74) is 3.59. The molecule has 1 aliphatic heterocycles. The molecule has 0 atom stereocenters. The Kier molecular flexibility index (Phi) is 4.99. The van der Waals surface area contributed by atoms with Crippen LogP contribution in [-0.4, -0.2) is 32.4 Å². The van der Waals surface area contributed by atoms with Gasteiger partial charge < -0.3 is 5.32 Å². The molecule has 136 valence electrons. The van der Waals surface area contributed by atoms with Crippen LogP contribution >= 0.6 is 11.3 Å². The number of benzene rings is 1. The fourth-order valence-corrected chi connectivity index (χ4v) is 4.24. The molecule has 1 aliphatic rings. The number of nitrogens with one attached hydrogen (secondary N) is 1. The molecule has 0 bridgehead atoms. The minimum absolute atomic E-state index is 0.0760. The quantitative estimate of drug-likeness (QED) is 0.750. The third-order valence-corrected chi connectivity index (χ3v) is 5.91. The molecular weight excluding hydrogens is 346 g/mol. The number of rotatable bonds is 5. The maximum absolute atomic E-state index is 13.1. The van der Waals surface area contributed by atoms with Crippen LogP contribution in [0.4, 0.5) is 0 Å². The minimum atomic E-state index is -0.0760. The fraction of sp³-hybridized carbons (Fsp3) is 0.421. The Morgan fingerprint density at radius 2 is 2.00 bits per heavy atom. The van der Waals surface area contributed by atoms with E-state index in [1.54, 1.807) is 20.6 Å². The van der Waals surface area contributed by atoms with Gasteiger partial charge in [-0.25, -0.2) is 19.0 Å². The van der Waals surface area contributed by atoms with Crippen LogP contribution in [-0.2, 0) is 13.0 Å². The van der Waals surface area contributed by atoms with Gasteiger partial charge in [-0.3, -0.25) is 0 Å². The van der Waals surface area contributed by atoms with E-state index in [0.717, 1.165) is 54.4 Å². The Hall–Kier alpha value is -2.25. The highest BCUT2D eigenvalue weighted by molar-refractivity contribution is 7.09. The molecule has 1 saturated heterocycles. The van der Waals surface area contributed by atoms with Crippen molar-refractivity contribution in [2.45, 2.75) is 32.7 Å². The van der Waals surface area contributed by atoms with Crippen molar-refractivity contribution in [3.05, 3.63) is 62.7 Å². The first-order valence-corrected chi connectivity index (χ1v) is 9.94. The van der Waals surface area contributed by atoms with Gasteiger partial charge in [-0.2, -0.15) is 5.10 Å². The van der Waals surface area contributed by atoms with E-state index in [1.165, 1.54) is 0 Å². The molecule has 0 unspecified atom stereocenters. The van der Waals surface area contributed by atoms with E-state index in [9.17, 15) is 4.79 Å². The molecule has 26 heavy (non-hydrogen) atoms. The average Bonchev–Trinajstić information content (AvgIpc) is 3.20. The number of thiazole rings is 1. The van der Waals surface area contributed by atoms with Crippen LogP contribution in [0.15, 0.2) is 40.6 Å². The Balaban J connectivity index is 1.72. The zero-order valence-corrected chi connectivity index (χ0v) is 15.7. The van der Waals surface area contributed by atoms with Gasteiger partial charge in [-0.1, -0.05) is 18.2 Å². The van der Waals surface area contributed by atoms with Gasteiger partial charge in [0.15, 0.2) is 0 Å². The lowest BCUT2D eigenvalue weighted by Crippen LogP contribution is -2.29. The smallest absolute Gasteiger partial charge is 0.317 e. The first-order chi connectivity index (χ1) is 12.7. The highest BCUT2D eigenvalue weighted by Gasteiger charge is 2.21. The van der Waals surface area contributed by atoms with E-state index in [2.05, 4.69) is 10.3 Å². The second-order valence-corrected chi connectivity index (χ2v) is 7.73. The molecule has 3 heterocycles. The van der Waals surface area contributed by atoms with E-state index in [1.807, 2.05) is 42.8 Å². The number of nitrogens with zero attached hydrogens (tertiary/aromatic N) is 4. The van der Waals surface area contributed by atoms with E-state index in [-0.39, 0.29) is 5.69 Å². The maximum atomic E-state index is 13.1. The van der Waals surface area contributed by atoms with Crippen molar-refractivity contribution in [2.75, 3.05) is 13.1 Å². The summed E-state index contributed by atoms with van der Waals surface area (Å²) in [4.78, 5) is 18.5. The molecule has 3 aromatic rings. The summed E-state index contributed by atoms with van der Waals surface area (Å²) in [5.74, 6) is 1.43. The lowest BCUT2D eigenvalue weighted by Gasteiger charge is -2.22. The van der Waals surface area contributed by atoms with Gasteiger partial charge in [-0.15, -0.1) is 11.3 Å². The van der Waals surface area contributed by atoms with Gasteiger partial charge >= 0.3 is 5.69 Å². The molecule has 1 aromatic carbocycles. The van der Waals surface area contributed by atoms with Gasteiger partial charge in [0.1, 0.15) is 5.82 Å². The zero-order chi connectivity index (χ0) is 17.9. The first-order valence-electron chi connectivity index (χ1n) is 9.06. The molecule has 4 rings (SSSR count). The number of aryl methyl sites for hydroxylation is 1. The number of para-hydroxylation sites is 1. The third kappa shape index (κ3) is 3.50. The molecule has 2 aromatic heterocycles. The lowest BCUT2D eigenvalue weighted by atomic mass is 9.94. The molecule has 6 nitrogen and oxygen atoms in total. The first kappa shape index (κ1) is 17.2. The molecule has 0 amide bonds. The van der Waals surface area contributed by atoms with Crippen LogP contribution in [0.1, 0.15) is 29.2 Å². The largest absolute Gasteiger partial charge is 0.350 e. The van der Waals surface area contributed by atoms with Gasteiger partial charge in [0.05, 0.1) is 23.4 Å². The van der Waals surface area contributed by atoms with Crippen molar-refractivity contribution in [1.29, 1.82) is 0 Å². The summed E-state index contributed by atoms with van der Waals surface area (Å²) in [6.45, 7) is 4.54. The predicted octanol–water partition coefficient (Wildman–Crippen LogP) is 2.39. The molecule has 0 saturated carbocycles. The maximum Gasteiger partial charge on any atom is 0.350 e. The highest BCUT2D eigenvalue weighted by Crippen LogP contribution is 2.19. The van der Waals surface area contributed by atoms with Gasteiger partial charge in [0, 0.05) is 11.3 Å². The topological polar surface area (TPSA) is 64.7 Å². The summed E-state index contributed by atoms with van der Waals surface area (Å²) in [7, 11) is 0. The number of hydrogen-bond acceptors (Lipinski definition) is 5. The summed E-state index contributed by atoms with van der Waals surface area (Å²) in [6.07, 6.45) is 3.09. The van der Waals surface area contributed by atoms with E-state index >= 15 is 0 Å². The molecule has 0 spiro atoms. The zero-order valence-electron chi connectivity index (χ0n) is 14.9. The van der Waals surface area contributed by atoms with Crippen molar-refractivity contribution < 1.29 is 0 Å². The monoisotopic (exact) mass is 369 g/mol. The molecule has 0 aliphatic carbocycles. The van der Waals surface area contributed by atoms with E-state index < -0.39 is 0 Å². The summed E-state index contributed by atoms with van der Waals surface area (Å²) >= 11 is 1.57. The summed E-state index contributed by atoms with van der Waals surface area (Å²) < 4.78 is 3.36. The Morgan fingerprint density at radius 3 is 2.69 bits per heavy atom. The van der Waals surface area contributed by atoms with Crippen molar-refractivity contribution in [3.8, 4) is 5.69 Å². The third-order valence-electron chi connectivity index (χ3n) is 4.99. The number of piperidine rings is 1. The fourth-order valence-electron chi connectivity index (χ4n) is 3.48. The molecule has 1 fully saturated rings. The van der Waals surface area contributed by atoms with Gasteiger partial charge in [0.25, 0.3) is 0 Å². The van der Waals surface area contributed by atoms with Crippen LogP contribution in [0.5, 0.6) is 0 Å². The molecule has 7 heteroatoms. The van der Waals surface area contributed by atoms with Crippen molar-refractivity contribution in [3.63, 3.8) is 0 Å². The van der Waals surface area contributed by atoms with Crippen molar-refractivity contribution >= 4 is 11.3 Å². The number of hydrogen-bond donors (Lipinski definition) is 1. The van der Waals surface area contributed by atoms with Crippen LogP contribution in [0.25, 0.3) is 5.69 Å². The second-order valence-electron chi connectivity index (χ2n) is 6.79. The average molecular weight is 369 g/mol. The van der Waals surface area contributed by atoms with Gasteiger partial charge in [-0.05, 0) is 50.9 Å².